The molecular weight excluding hydrogens is 446 g/mol. The van der Waals surface area contributed by atoms with Crippen LogP contribution in [0.4, 0.5) is 23.0 Å². The van der Waals surface area contributed by atoms with Gasteiger partial charge in [0.25, 0.3) is 10.0 Å². The standard InChI is InChI=1S/C26H27N5O2S/c1-19-9-15-22(16-10-19)34(32,33)30-26-25(28-23-7-3-4-8-24(23)29-26)27-20-11-13-21(14-12-20)31-17-5-2-6-18-31/h3-4,7-16H,2,5-6,17-18H2,1H3,(H,27,28)(H,29,30). The summed E-state index contributed by atoms with van der Waals surface area (Å²) in [5.41, 5.74) is 4.26. The van der Waals surface area contributed by atoms with Gasteiger partial charge in [0, 0.05) is 24.5 Å². The quantitative estimate of drug-likeness (QED) is 0.386. The van der Waals surface area contributed by atoms with Gasteiger partial charge in [0.15, 0.2) is 11.6 Å². The molecular formula is C26H27N5O2S. The first kappa shape index (κ1) is 22.2. The van der Waals surface area contributed by atoms with Crippen LogP contribution in [0.2, 0.25) is 0 Å². The van der Waals surface area contributed by atoms with E-state index < -0.39 is 10.0 Å². The molecule has 5 rings (SSSR count). The zero-order valence-corrected chi connectivity index (χ0v) is 19.8. The summed E-state index contributed by atoms with van der Waals surface area (Å²) in [6.45, 7) is 4.07. The molecule has 0 atom stereocenters. The van der Waals surface area contributed by atoms with Gasteiger partial charge in [0.05, 0.1) is 15.9 Å². The number of anilines is 4. The maximum absolute atomic E-state index is 13.1. The highest BCUT2D eigenvalue weighted by Gasteiger charge is 2.19. The molecule has 3 aromatic carbocycles. The topological polar surface area (TPSA) is 87.2 Å². The summed E-state index contributed by atoms with van der Waals surface area (Å²) in [7, 11) is -3.83. The summed E-state index contributed by atoms with van der Waals surface area (Å²) >= 11 is 0. The molecule has 0 spiro atoms. The summed E-state index contributed by atoms with van der Waals surface area (Å²) in [4.78, 5) is 11.8. The number of hydrogen-bond acceptors (Lipinski definition) is 6. The SMILES string of the molecule is Cc1ccc(S(=O)(=O)Nc2nc3ccccc3nc2Nc2ccc(N3CCCCC3)cc2)cc1. The van der Waals surface area contributed by atoms with Crippen molar-refractivity contribution in [3.8, 4) is 0 Å². The largest absolute Gasteiger partial charge is 0.372 e. The van der Waals surface area contributed by atoms with Crippen molar-refractivity contribution in [2.24, 2.45) is 0 Å². The van der Waals surface area contributed by atoms with Crippen LogP contribution in [0.25, 0.3) is 11.0 Å². The third-order valence-electron chi connectivity index (χ3n) is 5.98. The molecule has 7 nitrogen and oxygen atoms in total. The van der Waals surface area contributed by atoms with Gasteiger partial charge < -0.3 is 10.2 Å². The van der Waals surface area contributed by atoms with Gasteiger partial charge in [0.2, 0.25) is 0 Å². The van der Waals surface area contributed by atoms with Gasteiger partial charge in [0.1, 0.15) is 0 Å². The molecule has 1 aliphatic heterocycles. The molecule has 0 aliphatic carbocycles. The number of hydrogen-bond donors (Lipinski definition) is 2. The average Bonchev–Trinajstić information content (AvgIpc) is 2.85. The van der Waals surface area contributed by atoms with Gasteiger partial charge in [-0.05, 0) is 74.7 Å². The monoisotopic (exact) mass is 473 g/mol. The average molecular weight is 474 g/mol. The van der Waals surface area contributed by atoms with Crippen LogP contribution in [0.5, 0.6) is 0 Å². The molecule has 0 saturated carbocycles. The first-order valence-corrected chi connectivity index (χ1v) is 12.9. The van der Waals surface area contributed by atoms with Crippen LogP contribution >= 0.6 is 0 Å². The number of benzene rings is 3. The van der Waals surface area contributed by atoms with Crippen molar-refractivity contribution in [1.82, 2.24) is 9.97 Å². The molecule has 8 heteroatoms. The number of rotatable bonds is 6. The maximum atomic E-state index is 13.1. The lowest BCUT2D eigenvalue weighted by atomic mass is 10.1. The molecule has 1 fully saturated rings. The van der Waals surface area contributed by atoms with E-state index in [0.717, 1.165) is 24.3 Å². The van der Waals surface area contributed by atoms with E-state index in [1.54, 1.807) is 24.3 Å². The zero-order chi connectivity index (χ0) is 23.5. The molecule has 1 saturated heterocycles. The van der Waals surface area contributed by atoms with Crippen LogP contribution in [0.3, 0.4) is 0 Å². The Labute approximate surface area is 199 Å². The summed E-state index contributed by atoms with van der Waals surface area (Å²) in [6, 6.07) is 22.2. The van der Waals surface area contributed by atoms with E-state index in [2.05, 4.69) is 37.0 Å². The number of aryl methyl sites for hydroxylation is 1. The van der Waals surface area contributed by atoms with E-state index in [1.807, 2.05) is 43.3 Å². The Morgan fingerprint density at radius 2 is 1.38 bits per heavy atom. The molecule has 174 valence electrons. The molecule has 2 heterocycles. The highest BCUT2D eigenvalue weighted by molar-refractivity contribution is 7.92. The van der Waals surface area contributed by atoms with E-state index >= 15 is 0 Å². The van der Waals surface area contributed by atoms with Gasteiger partial charge in [-0.1, -0.05) is 29.8 Å². The van der Waals surface area contributed by atoms with Crippen molar-refractivity contribution in [2.45, 2.75) is 31.1 Å². The highest BCUT2D eigenvalue weighted by Crippen LogP contribution is 2.29. The van der Waals surface area contributed by atoms with Crippen molar-refractivity contribution >= 4 is 44.1 Å². The second-order valence-corrected chi connectivity index (χ2v) is 10.2. The van der Waals surface area contributed by atoms with Crippen LogP contribution in [-0.4, -0.2) is 31.5 Å². The number of fused-ring (bicyclic) bond motifs is 1. The Balaban J connectivity index is 1.46. The van der Waals surface area contributed by atoms with Crippen molar-refractivity contribution in [3.63, 3.8) is 0 Å². The number of piperidine rings is 1. The number of nitrogens with zero attached hydrogens (tertiary/aromatic N) is 3. The highest BCUT2D eigenvalue weighted by atomic mass is 32.2. The van der Waals surface area contributed by atoms with Crippen molar-refractivity contribution < 1.29 is 8.42 Å². The lowest BCUT2D eigenvalue weighted by Crippen LogP contribution is -2.29. The summed E-state index contributed by atoms with van der Waals surface area (Å²) in [5, 5.41) is 3.26. The van der Waals surface area contributed by atoms with E-state index in [4.69, 9.17) is 0 Å². The minimum atomic E-state index is -3.83. The minimum Gasteiger partial charge on any atom is -0.372 e. The predicted octanol–water partition coefficient (Wildman–Crippen LogP) is 5.47. The fourth-order valence-electron chi connectivity index (χ4n) is 4.11. The predicted molar refractivity (Wildman–Crippen MR) is 137 cm³/mol. The first-order valence-electron chi connectivity index (χ1n) is 11.5. The first-order chi connectivity index (χ1) is 16.5. The van der Waals surface area contributed by atoms with E-state index in [1.165, 1.54) is 24.9 Å². The van der Waals surface area contributed by atoms with Crippen LogP contribution in [0.1, 0.15) is 24.8 Å². The Morgan fingerprint density at radius 1 is 0.765 bits per heavy atom. The smallest absolute Gasteiger partial charge is 0.263 e. The molecule has 1 aliphatic rings. The van der Waals surface area contributed by atoms with Gasteiger partial charge in [-0.15, -0.1) is 0 Å². The fourth-order valence-corrected chi connectivity index (χ4v) is 5.12. The lowest BCUT2D eigenvalue weighted by molar-refractivity contribution is 0.578. The Morgan fingerprint density at radius 3 is 2.03 bits per heavy atom. The second-order valence-electron chi connectivity index (χ2n) is 8.55. The third-order valence-corrected chi connectivity index (χ3v) is 7.34. The van der Waals surface area contributed by atoms with E-state index in [9.17, 15) is 8.42 Å². The van der Waals surface area contributed by atoms with Gasteiger partial charge in [-0.25, -0.2) is 18.4 Å². The van der Waals surface area contributed by atoms with E-state index in [0.29, 0.717) is 16.9 Å². The zero-order valence-electron chi connectivity index (χ0n) is 19.0. The van der Waals surface area contributed by atoms with Crippen LogP contribution in [-0.2, 0) is 10.0 Å². The second kappa shape index (κ2) is 9.30. The van der Waals surface area contributed by atoms with Gasteiger partial charge in [-0.2, -0.15) is 0 Å². The number of aromatic nitrogens is 2. The minimum absolute atomic E-state index is 0.152. The number of sulfonamides is 1. The molecule has 0 radical (unpaired) electrons. The lowest BCUT2D eigenvalue weighted by Gasteiger charge is -2.28. The molecule has 34 heavy (non-hydrogen) atoms. The van der Waals surface area contributed by atoms with Crippen molar-refractivity contribution in [3.05, 3.63) is 78.4 Å². The van der Waals surface area contributed by atoms with Gasteiger partial charge >= 0.3 is 0 Å². The summed E-state index contributed by atoms with van der Waals surface area (Å²) in [6.07, 6.45) is 3.73. The molecule has 4 aromatic rings. The van der Waals surface area contributed by atoms with Crippen LogP contribution in [0, 0.1) is 6.92 Å². The van der Waals surface area contributed by atoms with Gasteiger partial charge in [-0.3, -0.25) is 4.72 Å². The Hall–Kier alpha value is -3.65. The maximum Gasteiger partial charge on any atom is 0.263 e. The van der Waals surface area contributed by atoms with Crippen LogP contribution < -0.4 is 14.9 Å². The molecule has 0 unspecified atom stereocenters. The summed E-state index contributed by atoms with van der Waals surface area (Å²) < 4.78 is 28.7. The third kappa shape index (κ3) is 4.82. The molecule has 2 N–H and O–H groups in total. The molecule has 0 amide bonds. The number of para-hydroxylation sites is 2. The summed E-state index contributed by atoms with van der Waals surface area (Å²) in [5.74, 6) is 0.500. The number of nitrogens with one attached hydrogen (secondary N) is 2. The Kier molecular flexibility index (Phi) is 6.06. The van der Waals surface area contributed by atoms with Crippen molar-refractivity contribution in [2.75, 3.05) is 28.0 Å². The molecule has 1 aromatic heterocycles. The Bertz CT molecular complexity index is 1400. The van der Waals surface area contributed by atoms with Crippen LogP contribution in [0.15, 0.2) is 77.7 Å². The normalized spacial score (nSPS) is 14.2. The van der Waals surface area contributed by atoms with Crippen molar-refractivity contribution in [1.29, 1.82) is 0 Å². The molecule has 0 bridgehead atoms. The van der Waals surface area contributed by atoms with E-state index in [-0.39, 0.29) is 10.7 Å². The fraction of sp³-hybridized carbons (Fsp3) is 0.231.